The number of aromatic nitrogens is 1. The molecule has 7 heteroatoms. The molecule has 0 aliphatic heterocycles. The number of carboxylic acids is 1. The zero-order chi connectivity index (χ0) is 16.8. The number of carbonyl (C=O) groups excluding carboxylic acids is 1. The molecule has 0 bridgehead atoms. The van der Waals surface area contributed by atoms with Crippen LogP contribution >= 0.6 is 0 Å². The highest BCUT2D eigenvalue weighted by molar-refractivity contribution is 5.74. The lowest BCUT2D eigenvalue weighted by Crippen LogP contribution is -2.38. The van der Waals surface area contributed by atoms with Crippen LogP contribution in [0.3, 0.4) is 0 Å². The normalized spacial score (nSPS) is 10.3. The minimum Gasteiger partial charge on any atom is -0.481 e. The molecule has 0 radical (unpaired) electrons. The summed E-state index contributed by atoms with van der Waals surface area (Å²) in [6.45, 7) is 2.36. The summed E-state index contributed by atoms with van der Waals surface area (Å²) in [6, 6.07) is 7.43. The molecule has 7 nitrogen and oxygen atoms in total. The first-order valence-electron chi connectivity index (χ1n) is 7.18. The number of benzene rings is 1. The number of urea groups is 1. The molecule has 1 heterocycles. The quantitative estimate of drug-likeness (QED) is 0.852. The van der Waals surface area contributed by atoms with E-state index in [1.165, 1.54) is 11.2 Å². The standard InChI is InChI=1S/C16H19N3O4/c1-11-3-5-12(6-4-11)15-18-13(10-23-15)9-17-16(22)19(2)8-7-14(20)21/h3-6,10H,7-9H2,1-2H3,(H,17,22)(H,20,21). The highest BCUT2D eigenvalue weighted by atomic mass is 16.4. The van der Waals surface area contributed by atoms with E-state index in [2.05, 4.69) is 10.3 Å². The van der Waals surface area contributed by atoms with Gasteiger partial charge in [-0.15, -0.1) is 0 Å². The Bertz CT molecular complexity index is 679. The van der Waals surface area contributed by atoms with Crippen molar-refractivity contribution in [3.8, 4) is 11.5 Å². The van der Waals surface area contributed by atoms with E-state index < -0.39 is 5.97 Å². The summed E-state index contributed by atoms with van der Waals surface area (Å²) in [5, 5.41) is 11.3. The van der Waals surface area contributed by atoms with Crippen molar-refractivity contribution in [3.05, 3.63) is 41.8 Å². The average Bonchev–Trinajstić information content (AvgIpc) is 2.99. The van der Waals surface area contributed by atoms with E-state index in [0.717, 1.165) is 11.1 Å². The second kappa shape index (κ2) is 7.44. The lowest BCUT2D eigenvalue weighted by atomic mass is 10.1. The molecular formula is C16H19N3O4. The summed E-state index contributed by atoms with van der Waals surface area (Å²) < 4.78 is 5.41. The Morgan fingerprint density at radius 3 is 2.65 bits per heavy atom. The number of nitrogens with zero attached hydrogens (tertiary/aromatic N) is 2. The van der Waals surface area contributed by atoms with Crippen LogP contribution in [-0.2, 0) is 11.3 Å². The molecule has 1 aromatic heterocycles. The summed E-state index contributed by atoms with van der Waals surface area (Å²) in [4.78, 5) is 27.9. The molecule has 0 fully saturated rings. The maximum Gasteiger partial charge on any atom is 0.317 e. The molecule has 0 aliphatic carbocycles. The first-order chi connectivity index (χ1) is 11.0. The Morgan fingerprint density at radius 1 is 1.30 bits per heavy atom. The van der Waals surface area contributed by atoms with Crippen LogP contribution < -0.4 is 5.32 Å². The number of hydrogen-bond donors (Lipinski definition) is 2. The smallest absolute Gasteiger partial charge is 0.317 e. The maximum atomic E-state index is 11.8. The molecule has 1 aromatic carbocycles. The predicted octanol–water partition coefficient (Wildman–Crippen LogP) is 2.27. The highest BCUT2D eigenvalue weighted by Gasteiger charge is 2.11. The van der Waals surface area contributed by atoms with Gasteiger partial charge in [0.1, 0.15) is 6.26 Å². The number of carboxylic acid groups (broad SMARTS) is 1. The fraction of sp³-hybridized carbons (Fsp3) is 0.312. The van der Waals surface area contributed by atoms with Gasteiger partial charge in [0.05, 0.1) is 18.7 Å². The maximum absolute atomic E-state index is 11.8. The van der Waals surface area contributed by atoms with Crippen molar-refractivity contribution in [2.24, 2.45) is 0 Å². The minimum atomic E-state index is -0.941. The molecule has 0 atom stereocenters. The van der Waals surface area contributed by atoms with E-state index in [0.29, 0.717) is 11.6 Å². The van der Waals surface area contributed by atoms with Gasteiger partial charge in [0, 0.05) is 19.2 Å². The molecule has 2 aromatic rings. The van der Waals surface area contributed by atoms with Gasteiger partial charge in [-0.25, -0.2) is 9.78 Å². The van der Waals surface area contributed by atoms with Crippen molar-refractivity contribution >= 4 is 12.0 Å². The fourth-order valence-corrected chi connectivity index (χ4v) is 1.88. The molecule has 122 valence electrons. The van der Waals surface area contributed by atoms with Crippen LogP contribution in [0.2, 0.25) is 0 Å². The Hall–Kier alpha value is -2.83. The van der Waals surface area contributed by atoms with E-state index in [9.17, 15) is 9.59 Å². The van der Waals surface area contributed by atoms with Crippen molar-refractivity contribution < 1.29 is 19.1 Å². The highest BCUT2D eigenvalue weighted by Crippen LogP contribution is 2.18. The van der Waals surface area contributed by atoms with Crippen molar-refractivity contribution in [2.45, 2.75) is 19.9 Å². The minimum absolute atomic E-state index is 0.0918. The Kier molecular flexibility index (Phi) is 5.35. The van der Waals surface area contributed by atoms with Crippen LogP contribution in [-0.4, -0.2) is 40.6 Å². The number of carbonyl (C=O) groups is 2. The van der Waals surface area contributed by atoms with Gasteiger partial charge in [-0.3, -0.25) is 4.79 Å². The molecule has 0 aliphatic rings. The largest absolute Gasteiger partial charge is 0.481 e. The third-order valence-corrected chi connectivity index (χ3v) is 3.28. The van der Waals surface area contributed by atoms with Crippen LogP contribution in [0.4, 0.5) is 4.79 Å². The SMILES string of the molecule is Cc1ccc(-c2nc(CNC(=O)N(C)CCC(=O)O)co2)cc1. The summed E-state index contributed by atoms with van der Waals surface area (Å²) in [5.41, 5.74) is 2.62. The van der Waals surface area contributed by atoms with E-state index in [1.807, 2.05) is 31.2 Å². The lowest BCUT2D eigenvalue weighted by Gasteiger charge is -2.16. The van der Waals surface area contributed by atoms with Gasteiger partial charge in [0.15, 0.2) is 0 Å². The molecule has 0 spiro atoms. The number of aliphatic carboxylic acids is 1. The van der Waals surface area contributed by atoms with E-state index >= 15 is 0 Å². The summed E-state index contributed by atoms with van der Waals surface area (Å²) >= 11 is 0. The summed E-state index contributed by atoms with van der Waals surface area (Å²) in [7, 11) is 1.54. The summed E-state index contributed by atoms with van der Waals surface area (Å²) in [5.74, 6) is -0.447. The van der Waals surface area contributed by atoms with E-state index in [4.69, 9.17) is 9.52 Å². The first-order valence-corrected chi connectivity index (χ1v) is 7.18. The number of hydrogen-bond acceptors (Lipinski definition) is 4. The fourth-order valence-electron chi connectivity index (χ4n) is 1.88. The van der Waals surface area contributed by atoms with Crippen LogP contribution in [0, 0.1) is 6.92 Å². The monoisotopic (exact) mass is 317 g/mol. The Labute approximate surface area is 133 Å². The molecule has 0 saturated heterocycles. The topological polar surface area (TPSA) is 95.7 Å². The molecule has 2 amide bonds. The molecule has 0 unspecified atom stereocenters. The van der Waals surface area contributed by atoms with E-state index in [1.54, 1.807) is 7.05 Å². The van der Waals surface area contributed by atoms with Crippen LogP contribution in [0.25, 0.3) is 11.5 Å². The second-order valence-electron chi connectivity index (χ2n) is 5.23. The summed E-state index contributed by atoms with van der Waals surface area (Å²) in [6.07, 6.45) is 1.40. The first kappa shape index (κ1) is 16.5. The van der Waals surface area contributed by atoms with E-state index in [-0.39, 0.29) is 25.5 Å². The Balaban J connectivity index is 1.88. The zero-order valence-electron chi connectivity index (χ0n) is 13.1. The van der Waals surface area contributed by atoms with Gasteiger partial charge in [0.2, 0.25) is 5.89 Å². The average molecular weight is 317 g/mol. The van der Waals surface area contributed by atoms with Crippen molar-refractivity contribution in [2.75, 3.05) is 13.6 Å². The molecule has 23 heavy (non-hydrogen) atoms. The number of aryl methyl sites for hydroxylation is 1. The zero-order valence-corrected chi connectivity index (χ0v) is 13.1. The van der Waals surface area contributed by atoms with Crippen LogP contribution in [0.1, 0.15) is 17.7 Å². The number of rotatable bonds is 6. The van der Waals surface area contributed by atoms with Crippen molar-refractivity contribution in [1.82, 2.24) is 15.2 Å². The number of nitrogens with one attached hydrogen (secondary N) is 1. The molecule has 2 N–H and O–H groups in total. The van der Waals surface area contributed by atoms with Crippen molar-refractivity contribution in [3.63, 3.8) is 0 Å². The molecule has 2 rings (SSSR count). The van der Waals surface area contributed by atoms with Crippen molar-refractivity contribution in [1.29, 1.82) is 0 Å². The predicted molar refractivity (Wildman–Crippen MR) is 83.8 cm³/mol. The van der Waals surface area contributed by atoms with Gasteiger partial charge in [-0.2, -0.15) is 0 Å². The van der Waals surface area contributed by atoms with Gasteiger partial charge >= 0.3 is 12.0 Å². The third-order valence-electron chi connectivity index (χ3n) is 3.28. The van der Waals surface area contributed by atoms with Gasteiger partial charge in [-0.05, 0) is 19.1 Å². The third kappa shape index (κ3) is 4.84. The van der Waals surface area contributed by atoms with Crippen LogP contribution in [0.5, 0.6) is 0 Å². The van der Waals surface area contributed by atoms with Gasteiger partial charge in [0.25, 0.3) is 0 Å². The van der Waals surface area contributed by atoms with Gasteiger partial charge in [-0.1, -0.05) is 17.7 Å². The molecule has 0 saturated carbocycles. The van der Waals surface area contributed by atoms with Crippen LogP contribution in [0.15, 0.2) is 34.9 Å². The number of oxazole rings is 1. The second-order valence-corrected chi connectivity index (χ2v) is 5.23. The molecular weight excluding hydrogens is 298 g/mol. The van der Waals surface area contributed by atoms with Gasteiger partial charge < -0.3 is 19.7 Å². The Morgan fingerprint density at radius 2 is 2.00 bits per heavy atom. The number of amides is 2. The lowest BCUT2D eigenvalue weighted by molar-refractivity contribution is -0.137.